The average molecular weight is 655 g/mol. The molecule has 2 fully saturated rings. The SMILES string of the molecule is COC1C=c2c3c(c4c(c2=CC1)-c1ccccc1C4(C)C)C=CC(C1=CC=C(N2CCOCC2)CC1)(c1ccc(N2CCOCC2)cc1)O3. The van der Waals surface area contributed by atoms with Crippen LogP contribution in [0.2, 0.25) is 0 Å². The van der Waals surface area contributed by atoms with E-state index in [1.165, 1.54) is 50.0 Å². The van der Waals surface area contributed by atoms with Crippen molar-refractivity contribution < 1.29 is 18.9 Å². The van der Waals surface area contributed by atoms with Gasteiger partial charge in [-0.15, -0.1) is 0 Å². The lowest BCUT2D eigenvalue weighted by Gasteiger charge is -2.41. The van der Waals surface area contributed by atoms with E-state index < -0.39 is 5.60 Å². The first-order chi connectivity index (χ1) is 24.0. The van der Waals surface area contributed by atoms with Crippen molar-refractivity contribution in [3.8, 4) is 16.9 Å². The van der Waals surface area contributed by atoms with E-state index in [2.05, 4.69) is 109 Å². The highest BCUT2D eigenvalue weighted by atomic mass is 16.5. The third kappa shape index (κ3) is 4.94. The highest BCUT2D eigenvalue weighted by Crippen LogP contribution is 2.53. The van der Waals surface area contributed by atoms with Crippen molar-refractivity contribution in [2.45, 2.75) is 50.2 Å². The van der Waals surface area contributed by atoms with Crippen LogP contribution < -0.4 is 20.1 Å². The molecular formula is C43H46N2O4. The number of anilines is 1. The van der Waals surface area contributed by atoms with E-state index in [9.17, 15) is 0 Å². The second-order valence-corrected chi connectivity index (χ2v) is 14.6. The smallest absolute Gasteiger partial charge is 0.174 e. The Balaban J connectivity index is 1.23. The Bertz CT molecular complexity index is 2010. The monoisotopic (exact) mass is 654 g/mol. The number of rotatable bonds is 5. The molecule has 6 heteroatoms. The van der Waals surface area contributed by atoms with Crippen LogP contribution in [0.15, 0.2) is 78.0 Å². The van der Waals surface area contributed by atoms with Gasteiger partial charge < -0.3 is 28.7 Å². The van der Waals surface area contributed by atoms with Crippen LogP contribution in [0, 0.1) is 0 Å². The van der Waals surface area contributed by atoms with Crippen molar-refractivity contribution in [1.82, 2.24) is 4.90 Å². The average Bonchev–Trinajstić information content (AvgIpc) is 3.42. The number of benzene rings is 3. The summed E-state index contributed by atoms with van der Waals surface area (Å²) in [6, 6.07) is 18.1. The van der Waals surface area contributed by atoms with Crippen molar-refractivity contribution in [3.63, 3.8) is 0 Å². The van der Waals surface area contributed by atoms with E-state index in [1.807, 2.05) is 7.11 Å². The summed E-state index contributed by atoms with van der Waals surface area (Å²) in [5, 5.41) is 2.43. The zero-order valence-electron chi connectivity index (χ0n) is 29.0. The van der Waals surface area contributed by atoms with Gasteiger partial charge in [-0.2, -0.15) is 0 Å². The van der Waals surface area contributed by atoms with Crippen LogP contribution in [0.25, 0.3) is 29.4 Å². The van der Waals surface area contributed by atoms with Gasteiger partial charge in [0.05, 0.1) is 32.5 Å². The molecule has 2 saturated heterocycles. The van der Waals surface area contributed by atoms with Crippen LogP contribution in [-0.4, -0.2) is 70.7 Å². The molecule has 0 aromatic heterocycles. The number of fused-ring (bicyclic) bond motifs is 8. The van der Waals surface area contributed by atoms with Crippen LogP contribution in [0.3, 0.4) is 0 Å². The third-order valence-electron chi connectivity index (χ3n) is 11.7. The van der Waals surface area contributed by atoms with E-state index in [4.69, 9.17) is 18.9 Å². The highest BCUT2D eigenvalue weighted by molar-refractivity contribution is 5.88. The van der Waals surface area contributed by atoms with E-state index in [0.717, 1.165) is 88.4 Å². The van der Waals surface area contributed by atoms with Gasteiger partial charge in [0.15, 0.2) is 5.60 Å². The van der Waals surface area contributed by atoms with Crippen LogP contribution in [0.4, 0.5) is 5.69 Å². The molecule has 2 unspecified atom stereocenters. The number of allylic oxidation sites excluding steroid dienone is 3. The quantitative estimate of drug-likeness (QED) is 0.334. The van der Waals surface area contributed by atoms with Gasteiger partial charge in [-0.1, -0.05) is 68.5 Å². The van der Waals surface area contributed by atoms with Crippen molar-refractivity contribution >= 4 is 23.9 Å². The van der Waals surface area contributed by atoms with Crippen LogP contribution in [0.5, 0.6) is 5.75 Å². The highest BCUT2D eigenvalue weighted by Gasteiger charge is 2.45. The Labute approximate surface area is 289 Å². The van der Waals surface area contributed by atoms with Gasteiger partial charge in [-0.3, -0.25) is 0 Å². The van der Waals surface area contributed by atoms with Crippen molar-refractivity contribution in [3.05, 3.63) is 111 Å². The lowest BCUT2D eigenvalue weighted by molar-refractivity contribution is 0.0516. The van der Waals surface area contributed by atoms with Gasteiger partial charge in [0.1, 0.15) is 5.75 Å². The third-order valence-corrected chi connectivity index (χ3v) is 11.7. The second-order valence-electron chi connectivity index (χ2n) is 14.6. The Morgan fingerprint density at radius 3 is 2.27 bits per heavy atom. The summed E-state index contributed by atoms with van der Waals surface area (Å²) in [5.74, 6) is 0.969. The Hall–Kier alpha value is -4.10. The molecule has 0 spiro atoms. The molecule has 0 bridgehead atoms. The number of methoxy groups -OCH3 is 1. The maximum atomic E-state index is 7.66. The predicted molar refractivity (Wildman–Crippen MR) is 196 cm³/mol. The molecule has 6 nitrogen and oxygen atoms in total. The molecular weight excluding hydrogens is 608 g/mol. The largest absolute Gasteiger partial charge is 0.473 e. The first-order valence-electron chi connectivity index (χ1n) is 18.1. The predicted octanol–water partition coefficient (Wildman–Crippen LogP) is 6.05. The summed E-state index contributed by atoms with van der Waals surface area (Å²) in [7, 11) is 1.81. The van der Waals surface area contributed by atoms with E-state index in [0.29, 0.717) is 0 Å². The Kier molecular flexibility index (Phi) is 7.60. The Morgan fingerprint density at radius 1 is 0.816 bits per heavy atom. The summed E-state index contributed by atoms with van der Waals surface area (Å²) in [5.41, 5.74) is 10.8. The summed E-state index contributed by atoms with van der Waals surface area (Å²) in [4.78, 5) is 4.90. The topological polar surface area (TPSA) is 43.4 Å². The molecule has 3 aliphatic heterocycles. The molecule has 2 atom stereocenters. The molecule has 6 aliphatic rings. The lowest BCUT2D eigenvalue weighted by atomic mass is 9.75. The van der Waals surface area contributed by atoms with Crippen molar-refractivity contribution in [1.29, 1.82) is 0 Å². The Morgan fingerprint density at radius 2 is 1.55 bits per heavy atom. The number of ether oxygens (including phenoxy) is 4. The molecule has 3 heterocycles. The van der Waals surface area contributed by atoms with Gasteiger partial charge in [0, 0.05) is 66.4 Å². The van der Waals surface area contributed by atoms with E-state index >= 15 is 0 Å². The zero-order chi connectivity index (χ0) is 33.2. The van der Waals surface area contributed by atoms with Crippen molar-refractivity contribution in [2.75, 3.05) is 64.6 Å². The van der Waals surface area contributed by atoms with E-state index in [1.54, 1.807) is 0 Å². The van der Waals surface area contributed by atoms with Gasteiger partial charge in [-0.25, -0.2) is 0 Å². The number of morpholine rings is 2. The van der Waals surface area contributed by atoms with Crippen LogP contribution in [0.1, 0.15) is 55.4 Å². The van der Waals surface area contributed by atoms with E-state index in [-0.39, 0.29) is 11.5 Å². The van der Waals surface area contributed by atoms with Crippen LogP contribution >= 0.6 is 0 Å². The number of hydrogen-bond acceptors (Lipinski definition) is 6. The number of hydrogen-bond donors (Lipinski definition) is 0. The standard InChI is InChI=1S/C43H46N2O4/c1-42(2)38-7-5-4-6-35(38)39-34-17-16-33(46-3)28-37(34)41-36(40(39)42)18-19-43(49-41,29-8-12-31(13-9-29)44-20-24-47-25-21-44)30-10-14-32(15-11-30)45-22-26-48-27-23-45/h4-10,12-14,17-19,28,33H,11,15-16,20-27H2,1-3H3. The molecule has 0 amide bonds. The molecule has 0 N–H and O–H groups in total. The first kappa shape index (κ1) is 30.9. The number of nitrogens with zero attached hydrogens (tertiary/aromatic N) is 2. The maximum absolute atomic E-state index is 7.66. The van der Waals surface area contributed by atoms with Gasteiger partial charge in [0.2, 0.25) is 0 Å². The molecule has 3 aromatic rings. The normalized spacial score (nSPS) is 25.1. The molecule has 0 radical (unpaired) electrons. The molecule has 3 aromatic carbocycles. The van der Waals surface area contributed by atoms with Gasteiger partial charge in [-0.05, 0) is 82.7 Å². The molecule has 49 heavy (non-hydrogen) atoms. The maximum Gasteiger partial charge on any atom is 0.174 e. The minimum Gasteiger partial charge on any atom is -0.473 e. The summed E-state index contributed by atoms with van der Waals surface area (Å²) >= 11 is 0. The molecule has 3 aliphatic carbocycles. The molecule has 0 saturated carbocycles. The fourth-order valence-electron chi connectivity index (χ4n) is 9.09. The van der Waals surface area contributed by atoms with Crippen molar-refractivity contribution in [2.24, 2.45) is 0 Å². The summed E-state index contributed by atoms with van der Waals surface area (Å²) < 4.78 is 24.9. The fraction of sp³-hybridized carbons (Fsp3) is 0.395. The molecule has 9 rings (SSSR count). The molecule has 252 valence electrons. The minimum absolute atomic E-state index is 0.00364. The first-order valence-corrected chi connectivity index (χ1v) is 18.1. The lowest BCUT2D eigenvalue weighted by Crippen LogP contribution is -2.43. The van der Waals surface area contributed by atoms with Crippen LogP contribution in [-0.2, 0) is 25.2 Å². The zero-order valence-corrected chi connectivity index (χ0v) is 29.0. The van der Waals surface area contributed by atoms with Gasteiger partial charge in [0.25, 0.3) is 0 Å². The fourth-order valence-corrected chi connectivity index (χ4v) is 9.09. The van der Waals surface area contributed by atoms with Gasteiger partial charge >= 0.3 is 0 Å². The minimum atomic E-state index is -0.741. The summed E-state index contributed by atoms with van der Waals surface area (Å²) in [6.07, 6.45) is 16.9. The second kappa shape index (κ2) is 12.0. The summed E-state index contributed by atoms with van der Waals surface area (Å²) in [6.45, 7) is 11.6.